The quantitative estimate of drug-likeness (QED) is 0.610. The van der Waals surface area contributed by atoms with Crippen LogP contribution in [0.2, 0.25) is 0 Å². The van der Waals surface area contributed by atoms with Gasteiger partial charge in [-0.15, -0.1) is 0 Å². The minimum atomic E-state index is 0.148. The van der Waals surface area contributed by atoms with Gasteiger partial charge < -0.3 is 4.74 Å². The van der Waals surface area contributed by atoms with E-state index >= 15 is 0 Å². The molecule has 0 spiro atoms. The van der Waals surface area contributed by atoms with Gasteiger partial charge >= 0.3 is 0 Å². The van der Waals surface area contributed by atoms with E-state index in [-0.39, 0.29) is 18.3 Å². The summed E-state index contributed by atoms with van der Waals surface area (Å²) >= 11 is 0. The average molecular weight is 158 g/mol. The first-order valence-corrected chi connectivity index (χ1v) is 4.09. The van der Waals surface area contributed by atoms with Gasteiger partial charge in [0.25, 0.3) is 0 Å². The van der Waals surface area contributed by atoms with Crippen molar-refractivity contribution in [2.24, 2.45) is 11.8 Å². The zero-order valence-corrected chi connectivity index (χ0v) is 7.89. The molecule has 0 fully saturated rings. The lowest BCUT2D eigenvalue weighted by Gasteiger charge is -2.11. The van der Waals surface area contributed by atoms with E-state index < -0.39 is 0 Å². The molecule has 11 heavy (non-hydrogen) atoms. The minimum absolute atomic E-state index is 0.148. The smallest absolute Gasteiger partial charge is 0.161 e. The van der Waals surface area contributed by atoms with Crippen LogP contribution in [-0.4, -0.2) is 19.5 Å². The summed E-state index contributed by atoms with van der Waals surface area (Å²) in [4.78, 5) is 11.2. The summed E-state index contributed by atoms with van der Waals surface area (Å²) in [7, 11) is 1.56. The second-order valence-corrected chi connectivity index (χ2v) is 3.43. The highest BCUT2D eigenvalue weighted by atomic mass is 16.5. The Labute approximate surface area is 68.9 Å². The van der Waals surface area contributed by atoms with Crippen molar-refractivity contribution in [3.63, 3.8) is 0 Å². The molecule has 0 aliphatic carbocycles. The molecule has 0 saturated heterocycles. The molecule has 1 atom stereocenters. The number of hydrogen-bond acceptors (Lipinski definition) is 2. The molecular formula is C9H18O2. The monoisotopic (exact) mass is 158 g/mol. The largest absolute Gasteiger partial charge is 0.377 e. The van der Waals surface area contributed by atoms with Crippen LogP contribution in [0.4, 0.5) is 0 Å². The van der Waals surface area contributed by atoms with Crippen molar-refractivity contribution in [2.75, 3.05) is 13.7 Å². The van der Waals surface area contributed by atoms with Gasteiger partial charge in [-0.3, -0.25) is 4.79 Å². The van der Waals surface area contributed by atoms with Crippen molar-refractivity contribution in [1.82, 2.24) is 0 Å². The van der Waals surface area contributed by atoms with Gasteiger partial charge in [0.05, 0.1) is 0 Å². The molecule has 0 aromatic carbocycles. The lowest BCUT2D eigenvalue weighted by Crippen LogP contribution is -2.17. The number of ketones is 1. The Balaban J connectivity index is 3.64. The van der Waals surface area contributed by atoms with E-state index in [1.54, 1.807) is 7.11 Å². The van der Waals surface area contributed by atoms with Crippen LogP contribution in [-0.2, 0) is 9.53 Å². The van der Waals surface area contributed by atoms with E-state index in [0.717, 1.165) is 6.42 Å². The third-order valence-electron chi connectivity index (χ3n) is 1.66. The fourth-order valence-corrected chi connectivity index (χ4v) is 1.12. The zero-order chi connectivity index (χ0) is 8.85. The zero-order valence-electron chi connectivity index (χ0n) is 7.89. The Bertz CT molecular complexity index is 119. The molecule has 66 valence electrons. The van der Waals surface area contributed by atoms with E-state index in [0.29, 0.717) is 5.92 Å². The van der Waals surface area contributed by atoms with Crippen LogP contribution in [0.5, 0.6) is 0 Å². The molecule has 0 radical (unpaired) electrons. The van der Waals surface area contributed by atoms with Crippen molar-refractivity contribution in [2.45, 2.75) is 27.2 Å². The first-order valence-electron chi connectivity index (χ1n) is 4.09. The van der Waals surface area contributed by atoms with Gasteiger partial charge in [-0.2, -0.15) is 0 Å². The van der Waals surface area contributed by atoms with Gasteiger partial charge in [0, 0.05) is 13.0 Å². The maximum absolute atomic E-state index is 11.2. The average Bonchev–Trinajstić information content (AvgIpc) is 1.86. The second-order valence-electron chi connectivity index (χ2n) is 3.43. The van der Waals surface area contributed by atoms with Crippen LogP contribution < -0.4 is 0 Å². The van der Waals surface area contributed by atoms with Gasteiger partial charge in [-0.05, 0) is 12.3 Å². The van der Waals surface area contributed by atoms with E-state index in [9.17, 15) is 4.79 Å². The predicted molar refractivity (Wildman–Crippen MR) is 45.5 cm³/mol. The Morgan fingerprint density at radius 2 is 1.91 bits per heavy atom. The number of Topliss-reactive ketones (excluding diaryl/α,β-unsaturated/α-hetero) is 1. The molecule has 0 bridgehead atoms. The molecular weight excluding hydrogens is 140 g/mol. The molecule has 0 aromatic rings. The summed E-state index contributed by atoms with van der Waals surface area (Å²) in [5.74, 6) is 0.946. The van der Waals surface area contributed by atoms with E-state index in [1.165, 1.54) is 0 Å². The highest BCUT2D eigenvalue weighted by Gasteiger charge is 2.13. The van der Waals surface area contributed by atoms with E-state index in [1.807, 2.05) is 6.92 Å². The highest BCUT2D eigenvalue weighted by molar-refractivity contribution is 5.81. The fourth-order valence-electron chi connectivity index (χ4n) is 1.12. The Kier molecular flexibility index (Phi) is 5.12. The first kappa shape index (κ1) is 10.6. The van der Waals surface area contributed by atoms with Crippen molar-refractivity contribution in [3.8, 4) is 0 Å². The topological polar surface area (TPSA) is 26.3 Å². The Morgan fingerprint density at radius 3 is 2.27 bits per heavy atom. The molecule has 0 aliphatic heterocycles. The van der Waals surface area contributed by atoms with Crippen LogP contribution in [0.1, 0.15) is 27.2 Å². The van der Waals surface area contributed by atoms with Crippen LogP contribution in [0.25, 0.3) is 0 Å². The summed E-state index contributed by atoms with van der Waals surface area (Å²) < 4.78 is 4.76. The molecule has 0 amide bonds. The summed E-state index contributed by atoms with van der Waals surface area (Å²) in [5, 5.41) is 0. The van der Waals surface area contributed by atoms with E-state index in [4.69, 9.17) is 4.74 Å². The van der Waals surface area contributed by atoms with Crippen molar-refractivity contribution in [1.29, 1.82) is 0 Å². The summed E-state index contributed by atoms with van der Waals surface area (Å²) in [6.45, 7) is 6.46. The minimum Gasteiger partial charge on any atom is -0.377 e. The maximum Gasteiger partial charge on any atom is 0.161 e. The van der Waals surface area contributed by atoms with Crippen molar-refractivity contribution in [3.05, 3.63) is 0 Å². The Hall–Kier alpha value is -0.370. The van der Waals surface area contributed by atoms with Gasteiger partial charge in [0.2, 0.25) is 0 Å². The number of hydrogen-bond donors (Lipinski definition) is 0. The summed E-state index contributed by atoms with van der Waals surface area (Å²) in [6.07, 6.45) is 0.961. The molecule has 0 heterocycles. The highest BCUT2D eigenvalue weighted by Crippen LogP contribution is 2.11. The molecule has 0 aromatic heterocycles. The summed E-state index contributed by atoms with van der Waals surface area (Å²) in [5.41, 5.74) is 0. The lowest BCUT2D eigenvalue weighted by atomic mass is 9.95. The summed E-state index contributed by atoms with van der Waals surface area (Å²) in [6, 6.07) is 0. The van der Waals surface area contributed by atoms with Gasteiger partial charge in [0.1, 0.15) is 6.61 Å². The van der Waals surface area contributed by atoms with Gasteiger partial charge in [-0.1, -0.05) is 20.8 Å². The molecule has 0 saturated carbocycles. The number of methoxy groups -OCH3 is 1. The maximum atomic E-state index is 11.2. The number of carbonyl (C=O) groups excluding carboxylic acids is 1. The van der Waals surface area contributed by atoms with Crippen LogP contribution in [0, 0.1) is 11.8 Å². The predicted octanol–water partition coefficient (Wildman–Crippen LogP) is 1.88. The normalized spacial score (nSPS) is 13.5. The van der Waals surface area contributed by atoms with Crippen molar-refractivity contribution >= 4 is 5.78 Å². The number of ether oxygens (including phenoxy) is 1. The first-order chi connectivity index (χ1) is 5.07. The standard InChI is InChI=1S/C9H18O2/c1-7(2)5-8(3)9(10)6-11-4/h7-8H,5-6H2,1-4H3. The molecule has 1 unspecified atom stereocenters. The lowest BCUT2D eigenvalue weighted by molar-refractivity contribution is -0.126. The van der Waals surface area contributed by atoms with Crippen LogP contribution in [0.15, 0.2) is 0 Å². The van der Waals surface area contributed by atoms with Crippen LogP contribution >= 0.6 is 0 Å². The third-order valence-corrected chi connectivity index (χ3v) is 1.66. The molecule has 0 N–H and O–H groups in total. The molecule has 2 nitrogen and oxygen atoms in total. The van der Waals surface area contributed by atoms with E-state index in [2.05, 4.69) is 13.8 Å². The number of rotatable bonds is 5. The molecule has 0 rings (SSSR count). The SMILES string of the molecule is COCC(=O)C(C)CC(C)C. The van der Waals surface area contributed by atoms with Gasteiger partial charge in [0.15, 0.2) is 5.78 Å². The van der Waals surface area contributed by atoms with Gasteiger partial charge in [-0.25, -0.2) is 0 Å². The molecule has 0 aliphatic rings. The molecule has 2 heteroatoms. The fraction of sp³-hybridized carbons (Fsp3) is 0.889. The number of carbonyl (C=O) groups is 1. The van der Waals surface area contributed by atoms with Crippen molar-refractivity contribution < 1.29 is 9.53 Å². The Morgan fingerprint density at radius 1 is 1.36 bits per heavy atom. The van der Waals surface area contributed by atoms with Crippen LogP contribution in [0.3, 0.4) is 0 Å². The third kappa shape index (κ3) is 4.96. The second kappa shape index (κ2) is 5.30.